The summed E-state index contributed by atoms with van der Waals surface area (Å²) in [4.78, 5) is 0. The molecular weight excluding hydrogens is 224 g/mol. The van der Waals surface area contributed by atoms with Crippen LogP contribution in [0.5, 0.6) is 0 Å². The van der Waals surface area contributed by atoms with E-state index in [2.05, 4.69) is 0 Å². The van der Waals surface area contributed by atoms with Crippen LogP contribution in [0.4, 0.5) is 32.0 Å². The van der Waals surface area contributed by atoms with Gasteiger partial charge in [0.15, 0.2) is 5.82 Å². The first-order valence-electron chi connectivity index (χ1n) is 3.68. The molecule has 0 spiro atoms. The summed E-state index contributed by atoms with van der Waals surface area (Å²) < 4.78 is 73.4. The molecule has 0 heterocycles. The van der Waals surface area contributed by atoms with Gasteiger partial charge in [0.2, 0.25) is 0 Å². The van der Waals surface area contributed by atoms with Gasteiger partial charge in [-0.25, -0.2) is 13.2 Å². The Hall–Kier alpha value is -1.40. The van der Waals surface area contributed by atoms with Gasteiger partial charge in [0, 0.05) is 5.56 Å². The van der Waals surface area contributed by atoms with E-state index in [0.29, 0.717) is 6.07 Å². The van der Waals surface area contributed by atoms with Crippen LogP contribution in [0.15, 0.2) is 12.1 Å². The molecule has 0 unspecified atom stereocenters. The Morgan fingerprint density at radius 3 is 2.07 bits per heavy atom. The van der Waals surface area contributed by atoms with Gasteiger partial charge in [0.1, 0.15) is 0 Å². The normalized spacial score (nSPS) is 12.2. The Bertz CT molecular complexity index is 370. The van der Waals surface area contributed by atoms with Crippen molar-refractivity contribution in [3.8, 4) is 0 Å². The summed E-state index contributed by atoms with van der Waals surface area (Å²) in [5.41, 5.74) is 1.07. The van der Waals surface area contributed by atoms with Gasteiger partial charge >= 0.3 is 6.18 Å². The molecule has 1 nitrogen and oxygen atoms in total. The molecule has 0 saturated carbocycles. The highest BCUT2D eigenvalue weighted by Gasteiger charge is 2.35. The highest BCUT2D eigenvalue weighted by molar-refractivity contribution is 5.52. The maximum atomic E-state index is 12.9. The van der Waals surface area contributed by atoms with Gasteiger partial charge in [-0.3, -0.25) is 0 Å². The van der Waals surface area contributed by atoms with Crippen molar-refractivity contribution in [3.05, 3.63) is 29.1 Å². The fraction of sp³-hybridized carbons (Fsp3) is 0.250. The monoisotopic (exact) mass is 229 g/mol. The van der Waals surface area contributed by atoms with E-state index < -0.39 is 35.2 Å². The number of halogens is 6. The number of hydrogen-bond donors (Lipinski definition) is 1. The van der Waals surface area contributed by atoms with Crippen molar-refractivity contribution in [1.29, 1.82) is 0 Å². The first kappa shape index (κ1) is 11.7. The summed E-state index contributed by atoms with van der Waals surface area (Å²) >= 11 is 0. The van der Waals surface area contributed by atoms with E-state index in [0.717, 1.165) is 0 Å². The zero-order valence-corrected chi connectivity index (χ0v) is 7.08. The smallest absolute Gasteiger partial charge is 0.396 e. The predicted octanol–water partition coefficient (Wildman–Crippen LogP) is 3.36. The maximum absolute atomic E-state index is 12.9. The van der Waals surface area contributed by atoms with Crippen molar-refractivity contribution in [1.82, 2.24) is 0 Å². The zero-order valence-electron chi connectivity index (χ0n) is 7.08. The summed E-state index contributed by atoms with van der Waals surface area (Å²) in [7, 11) is 0. The Morgan fingerprint density at radius 2 is 1.67 bits per heavy atom. The van der Waals surface area contributed by atoms with Crippen molar-refractivity contribution in [2.45, 2.75) is 12.6 Å². The average Bonchev–Trinajstić information content (AvgIpc) is 2.06. The van der Waals surface area contributed by atoms with Gasteiger partial charge in [-0.05, 0) is 6.07 Å². The van der Waals surface area contributed by atoms with E-state index in [1.54, 1.807) is 0 Å². The van der Waals surface area contributed by atoms with Crippen LogP contribution in [0, 0.1) is 5.82 Å². The third-order valence-corrected chi connectivity index (χ3v) is 1.75. The zero-order chi connectivity index (χ0) is 11.8. The molecule has 1 aromatic rings. The molecule has 0 amide bonds. The van der Waals surface area contributed by atoms with Gasteiger partial charge in [-0.2, -0.15) is 13.2 Å². The molecule has 0 aliphatic heterocycles. The van der Waals surface area contributed by atoms with Crippen LogP contribution in [0.3, 0.4) is 0 Å². The lowest BCUT2D eigenvalue weighted by Crippen LogP contribution is -2.11. The Kier molecular flexibility index (Phi) is 2.83. The van der Waals surface area contributed by atoms with Crippen LogP contribution < -0.4 is 5.73 Å². The molecule has 84 valence electrons. The predicted molar refractivity (Wildman–Crippen MR) is 40.8 cm³/mol. The summed E-state index contributed by atoms with van der Waals surface area (Å²) in [6, 6.07) is 0.707. The molecule has 0 bridgehead atoms. The van der Waals surface area contributed by atoms with Crippen molar-refractivity contribution >= 4 is 5.69 Å². The van der Waals surface area contributed by atoms with Crippen LogP contribution in [-0.2, 0) is 6.18 Å². The minimum atomic E-state index is -4.95. The van der Waals surface area contributed by atoms with E-state index >= 15 is 0 Å². The van der Waals surface area contributed by atoms with E-state index in [1.165, 1.54) is 0 Å². The molecule has 0 saturated heterocycles. The minimum Gasteiger partial charge on any atom is -0.396 e. The molecule has 15 heavy (non-hydrogen) atoms. The third-order valence-electron chi connectivity index (χ3n) is 1.75. The topological polar surface area (TPSA) is 26.0 Å². The third kappa shape index (κ3) is 2.16. The van der Waals surface area contributed by atoms with E-state index in [4.69, 9.17) is 5.73 Å². The Morgan fingerprint density at radius 1 is 1.13 bits per heavy atom. The van der Waals surface area contributed by atoms with E-state index in [1.807, 2.05) is 0 Å². The molecule has 7 heteroatoms. The van der Waals surface area contributed by atoms with E-state index in [9.17, 15) is 26.3 Å². The van der Waals surface area contributed by atoms with Crippen molar-refractivity contribution < 1.29 is 26.3 Å². The summed E-state index contributed by atoms with van der Waals surface area (Å²) in [6.45, 7) is 0. The number of nitrogen functional groups attached to an aromatic ring is 1. The number of benzene rings is 1. The van der Waals surface area contributed by atoms with Gasteiger partial charge in [-0.15, -0.1) is 0 Å². The van der Waals surface area contributed by atoms with E-state index in [-0.39, 0.29) is 6.07 Å². The average molecular weight is 229 g/mol. The SMILES string of the molecule is Nc1c(C(F)F)ccc(C(F)(F)F)c1F. The second-order valence-corrected chi connectivity index (χ2v) is 2.73. The van der Waals surface area contributed by atoms with Crippen LogP contribution >= 0.6 is 0 Å². The fourth-order valence-corrected chi connectivity index (χ4v) is 1.02. The molecule has 2 N–H and O–H groups in total. The summed E-state index contributed by atoms with van der Waals surface area (Å²) in [5.74, 6) is -1.86. The molecule has 0 fully saturated rings. The number of anilines is 1. The molecular formula is C8H5F6N. The van der Waals surface area contributed by atoms with Gasteiger partial charge in [-0.1, -0.05) is 6.07 Å². The quantitative estimate of drug-likeness (QED) is 0.579. The molecule has 0 atom stereocenters. The summed E-state index contributed by atoms with van der Waals surface area (Å²) in [6.07, 6.45) is -8.06. The molecule has 1 rings (SSSR count). The number of rotatable bonds is 1. The second-order valence-electron chi connectivity index (χ2n) is 2.73. The molecule has 1 aromatic carbocycles. The van der Waals surface area contributed by atoms with Gasteiger partial charge in [0.25, 0.3) is 6.43 Å². The van der Waals surface area contributed by atoms with Gasteiger partial charge in [0.05, 0.1) is 11.3 Å². The lowest BCUT2D eigenvalue weighted by molar-refractivity contribution is -0.139. The van der Waals surface area contributed by atoms with Crippen molar-refractivity contribution in [3.63, 3.8) is 0 Å². The standard InChI is InChI=1S/C8H5F6N/c9-5-4(8(12,13)14)2-1-3(6(5)15)7(10)11/h1-2,7H,15H2. The maximum Gasteiger partial charge on any atom is 0.419 e. The molecule has 0 aromatic heterocycles. The lowest BCUT2D eigenvalue weighted by Gasteiger charge is -2.12. The number of alkyl halides is 5. The Balaban J connectivity index is 3.34. The highest BCUT2D eigenvalue weighted by atomic mass is 19.4. The highest BCUT2D eigenvalue weighted by Crippen LogP contribution is 2.36. The van der Waals surface area contributed by atoms with Crippen LogP contribution in [0.25, 0.3) is 0 Å². The largest absolute Gasteiger partial charge is 0.419 e. The summed E-state index contributed by atoms with van der Waals surface area (Å²) in [5, 5.41) is 0. The van der Waals surface area contributed by atoms with Crippen LogP contribution in [-0.4, -0.2) is 0 Å². The number of hydrogen-bond acceptors (Lipinski definition) is 1. The first-order valence-corrected chi connectivity index (χ1v) is 3.68. The molecule has 0 aliphatic carbocycles. The van der Waals surface area contributed by atoms with Gasteiger partial charge < -0.3 is 5.73 Å². The first-order chi connectivity index (χ1) is 6.75. The Labute approximate surface area is 80.5 Å². The number of nitrogens with two attached hydrogens (primary N) is 1. The van der Waals surface area contributed by atoms with Crippen molar-refractivity contribution in [2.75, 3.05) is 5.73 Å². The lowest BCUT2D eigenvalue weighted by atomic mass is 10.1. The molecule has 0 radical (unpaired) electrons. The fourth-order valence-electron chi connectivity index (χ4n) is 1.02. The van der Waals surface area contributed by atoms with Crippen LogP contribution in [0.1, 0.15) is 17.6 Å². The minimum absolute atomic E-state index is 0.243. The molecule has 0 aliphatic rings. The van der Waals surface area contributed by atoms with Crippen LogP contribution in [0.2, 0.25) is 0 Å². The van der Waals surface area contributed by atoms with Crippen molar-refractivity contribution in [2.24, 2.45) is 0 Å². The second kappa shape index (κ2) is 3.63.